The molecular formula is C10H16O2. The van der Waals surface area contributed by atoms with Crippen molar-refractivity contribution in [3.8, 4) is 0 Å². The van der Waals surface area contributed by atoms with Crippen molar-refractivity contribution < 1.29 is 9.90 Å². The summed E-state index contributed by atoms with van der Waals surface area (Å²) in [5.41, 5.74) is 0.708. The van der Waals surface area contributed by atoms with Gasteiger partial charge in [-0.15, -0.1) is 0 Å². The Balaban J connectivity index is 2.79. The molecule has 0 aromatic heterocycles. The van der Waals surface area contributed by atoms with E-state index >= 15 is 0 Å². The van der Waals surface area contributed by atoms with Gasteiger partial charge in [0.1, 0.15) is 0 Å². The van der Waals surface area contributed by atoms with Crippen LogP contribution < -0.4 is 0 Å². The minimum Gasteiger partial charge on any atom is -0.389 e. The molecule has 1 aliphatic carbocycles. The van der Waals surface area contributed by atoms with Crippen molar-refractivity contribution in [3.05, 3.63) is 11.6 Å². The van der Waals surface area contributed by atoms with Crippen LogP contribution in [-0.4, -0.2) is 17.0 Å². The number of rotatable bonds is 1. The molecule has 1 N–H and O–H groups in total. The van der Waals surface area contributed by atoms with Crippen molar-refractivity contribution in [2.24, 2.45) is 11.8 Å². The van der Waals surface area contributed by atoms with Crippen molar-refractivity contribution in [3.63, 3.8) is 0 Å². The van der Waals surface area contributed by atoms with Gasteiger partial charge in [0.15, 0.2) is 5.78 Å². The van der Waals surface area contributed by atoms with Gasteiger partial charge < -0.3 is 5.11 Å². The zero-order valence-corrected chi connectivity index (χ0v) is 7.87. The van der Waals surface area contributed by atoms with Crippen molar-refractivity contribution in [1.29, 1.82) is 0 Å². The Labute approximate surface area is 73.3 Å². The molecule has 0 fully saturated rings. The number of Topliss-reactive ketones (excluding diaryl/α,β-unsaturated/α-hetero) is 1. The van der Waals surface area contributed by atoms with Gasteiger partial charge in [-0.05, 0) is 30.4 Å². The van der Waals surface area contributed by atoms with E-state index in [2.05, 4.69) is 0 Å². The lowest BCUT2D eigenvalue weighted by Crippen LogP contribution is -2.30. The van der Waals surface area contributed by atoms with Crippen LogP contribution in [0.3, 0.4) is 0 Å². The lowest BCUT2D eigenvalue weighted by atomic mass is 9.80. The highest BCUT2D eigenvalue weighted by Gasteiger charge is 2.28. The molecule has 1 rings (SSSR count). The maximum Gasteiger partial charge on any atom is 0.158 e. The van der Waals surface area contributed by atoms with Crippen LogP contribution in [0.4, 0.5) is 0 Å². The van der Waals surface area contributed by atoms with Crippen LogP contribution in [0.1, 0.15) is 27.2 Å². The van der Waals surface area contributed by atoms with Crippen molar-refractivity contribution >= 4 is 5.78 Å². The summed E-state index contributed by atoms with van der Waals surface area (Å²) in [6.45, 7) is 5.84. The summed E-state index contributed by atoms with van der Waals surface area (Å²) in [5.74, 6) is 0.661. The Hall–Kier alpha value is -0.630. The largest absolute Gasteiger partial charge is 0.389 e. The van der Waals surface area contributed by atoms with Crippen molar-refractivity contribution in [1.82, 2.24) is 0 Å². The first-order valence-corrected chi connectivity index (χ1v) is 4.42. The number of carbonyl (C=O) groups is 1. The SMILES string of the molecule is CC1=C[C@H](O)[C@@H](C(C)C)CC1=O. The zero-order valence-electron chi connectivity index (χ0n) is 7.87. The molecular weight excluding hydrogens is 152 g/mol. The van der Waals surface area contributed by atoms with Gasteiger partial charge in [0.2, 0.25) is 0 Å². The van der Waals surface area contributed by atoms with Crippen LogP contribution in [0.2, 0.25) is 0 Å². The molecule has 1 aliphatic rings. The molecule has 0 aliphatic heterocycles. The second kappa shape index (κ2) is 3.40. The quantitative estimate of drug-likeness (QED) is 0.644. The van der Waals surface area contributed by atoms with Crippen LogP contribution in [-0.2, 0) is 4.79 Å². The predicted octanol–water partition coefficient (Wildman–Crippen LogP) is 1.54. The van der Waals surface area contributed by atoms with Gasteiger partial charge in [-0.25, -0.2) is 0 Å². The summed E-state index contributed by atoms with van der Waals surface area (Å²) in [6.07, 6.45) is 1.75. The molecule has 0 spiro atoms. The van der Waals surface area contributed by atoms with E-state index in [1.54, 1.807) is 13.0 Å². The lowest BCUT2D eigenvalue weighted by molar-refractivity contribution is -0.118. The fourth-order valence-corrected chi connectivity index (χ4v) is 1.60. The van der Waals surface area contributed by atoms with Gasteiger partial charge in [0.05, 0.1) is 6.10 Å². The van der Waals surface area contributed by atoms with Crippen LogP contribution in [0, 0.1) is 11.8 Å². The predicted molar refractivity (Wildman–Crippen MR) is 47.7 cm³/mol. The summed E-state index contributed by atoms with van der Waals surface area (Å²) in [7, 11) is 0. The topological polar surface area (TPSA) is 37.3 Å². The first-order chi connectivity index (χ1) is 5.52. The van der Waals surface area contributed by atoms with Gasteiger partial charge in [-0.3, -0.25) is 4.79 Å². The zero-order chi connectivity index (χ0) is 9.30. The highest BCUT2D eigenvalue weighted by atomic mass is 16.3. The van der Waals surface area contributed by atoms with Gasteiger partial charge in [-0.1, -0.05) is 13.8 Å². The second-order valence-corrected chi connectivity index (χ2v) is 3.88. The smallest absolute Gasteiger partial charge is 0.158 e. The summed E-state index contributed by atoms with van der Waals surface area (Å²) >= 11 is 0. The molecule has 0 bridgehead atoms. The van der Waals surface area contributed by atoms with E-state index in [9.17, 15) is 9.90 Å². The third-order valence-electron chi connectivity index (χ3n) is 2.58. The third-order valence-corrected chi connectivity index (χ3v) is 2.58. The summed E-state index contributed by atoms with van der Waals surface area (Å²) in [4.78, 5) is 11.3. The summed E-state index contributed by atoms with van der Waals surface area (Å²) < 4.78 is 0. The van der Waals surface area contributed by atoms with E-state index in [1.165, 1.54) is 0 Å². The minimum absolute atomic E-state index is 0.112. The molecule has 2 heteroatoms. The fourth-order valence-electron chi connectivity index (χ4n) is 1.60. The molecule has 12 heavy (non-hydrogen) atoms. The molecule has 2 atom stereocenters. The van der Waals surface area contributed by atoms with Gasteiger partial charge in [0, 0.05) is 6.42 Å². The Kier molecular flexibility index (Phi) is 2.68. The first kappa shape index (κ1) is 9.46. The maximum atomic E-state index is 11.3. The van der Waals surface area contributed by atoms with E-state index in [1.807, 2.05) is 13.8 Å². The number of ketones is 1. The first-order valence-electron chi connectivity index (χ1n) is 4.42. The van der Waals surface area contributed by atoms with Gasteiger partial charge >= 0.3 is 0 Å². The maximum absolute atomic E-state index is 11.3. The standard InChI is InChI=1S/C10H16O2/c1-6(2)8-5-9(11)7(3)4-10(8)12/h4,6,8,10,12H,5H2,1-3H3/t8-,10+/m1/s1. The lowest BCUT2D eigenvalue weighted by Gasteiger charge is -2.27. The van der Waals surface area contributed by atoms with E-state index < -0.39 is 6.10 Å². The number of hydrogen-bond acceptors (Lipinski definition) is 2. The number of carbonyl (C=O) groups excluding carboxylic acids is 1. The van der Waals surface area contributed by atoms with Crippen LogP contribution in [0.25, 0.3) is 0 Å². The van der Waals surface area contributed by atoms with E-state index in [4.69, 9.17) is 0 Å². The normalized spacial score (nSPS) is 30.8. The molecule has 0 saturated heterocycles. The molecule has 68 valence electrons. The summed E-state index contributed by atoms with van der Waals surface area (Å²) in [6, 6.07) is 0. The molecule has 0 unspecified atom stereocenters. The monoisotopic (exact) mass is 168 g/mol. The number of aliphatic hydroxyl groups excluding tert-OH is 1. The Morgan fingerprint density at radius 2 is 2.17 bits per heavy atom. The third kappa shape index (κ3) is 1.75. The number of aliphatic hydroxyl groups is 1. The molecule has 0 heterocycles. The molecule has 0 radical (unpaired) electrons. The van der Waals surface area contributed by atoms with Crippen LogP contribution in [0.5, 0.6) is 0 Å². The van der Waals surface area contributed by atoms with E-state index in [0.717, 1.165) is 0 Å². The molecule has 0 aromatic carbocycles. The number of allylic oxidation sites excluding steroid dienone is 1. The molecule has 2 nitrogen and oxygen atoms in total. The van der Waals surface area contributed by atoms with Crippen LogP contribution in [0.15, 0.2) is 11.6 Å². The Bertz CT molecular complexity index is 216. The average Bonchev–Trinajstić information content (AvgIpc) is 1.96. The van der Waals surface area contributed by atoms with E-state index in [0.29, 0.717) is 17.9 Å². The van der Waals surface area contributed by atoms with Gasteiger partial charge in [-0.2, -0.15) is 0 Å². The molecule has 0 saturated carbocycles. The number of hydrogen-bond donors (Lipinski definition) is 1. The van der Waals surface area contributed by atoms with Crippen molar-refractivity contribution in [2.75, 3.05) is 0 Å². The molecule has 0 aromatic rings. The Morgan fingerprint density at radius 3 is 2.67 bits per heavy atom. The highest BCUT2D eigenvalue weighted by molar-refractivity contribution is 5.95. The van der Waals surface area contributed by atoms with E-state index in [-0.39, 0.29) is 11.7 Å². The molecule has 0 amide bonds. The minimum atomic E-state index is -0.428. The Morgan fingerprint density at radius 1 is 1.58 bits per heavy atom. The highest BCUT2D eigenvalue weighted by Crippen LogP contribution is 2.27. The average molecular weight is 168 g/mol. The summed E-state index contributed by atoms with van der Waals surface area (Å²) in [5, 5.41) is 9.60. The van der Waals surface area contributed by atoms with Gasteiger partial charge in [0.25, 0.3) is 0 Å². The van der Waals surface area contributed by atoms with Crippen molar-refractivity contribution in [2.45, 2.75) is 33.3 Å². The second-order valence-electron chi connectivity index (χ2n) is 3.88. The van der Waals surface area contributed by atoms with Crippen LogP contribution >= 0.6 is 0 Å². The fraction of sp³-hybridized carbons (Fsp3) is 0.700.